The number of alkyl halides is 2. The summed E-state index contributed by atoms with van der Waals surface area (Å²) in [6.45, 7) is 5.94. The van der Waals surface area contributed by atoms with Gasteiger partial charge in [0.05, 0.1) is 5.69 Å². The molecule has 0 fully saturated rings. The van der Waals surface area contributed by atoms with Gasteiger partial charge in [-0.3, -0.25) is 9.59 Å². The maximum atomic E-state index is 13.7. The maximum absolute atomic E-state index is 13.7. The zero-order valence-corrected chi connectivity index (χ0v) is 22.8. The van der Waals surface area contributed by atoms with E-state index in [1.54, 1.807) is 12.1 Å². The third-order valence-corrected chi connectivity index (χ3v) is 7.97. The third kappa shape index (κ3) is 5.55. The number of carbonyl (C=O) groups is 2. The van der Waals surface area contributed by atoms with Gasteiger partial charge < -0.3 is 20.2 Å². The molecule has 0 radical (unpaired) electrons. The summed E-state index contributed by atoms with van der Waals surface area (Å²) in [6, 6.07) is 13.9. The Bertz CT molecular complexity index is 1700. The van der Waals surface area contributed by atoms with Gasteiger partial charge in [0.15, 0.2) is 5.76 Å². The number of nitrogens with zero attached hydrogens (tertiary/aromatic N) is 1. The Morgan fingerprint density at radius 3 is 2.44 bits per heavy atom. The number of anilines is 1. The largest absolute Gasteiger partial charge is 0.486 e. The predicted molar refractivity (Wildman–Crippen MR) is 148 cm³/mol. The second-order valence-electron chi connectivity index (χ2n) is 8.99. The number of rotatable bonds is 8. The standard InChI is InChI=1S/C28H23F2N3O4S2/c1-13-8-14(2)10-17(9-13)36-12-16-5-6-20(37-16)27(35)33-23-22-18(21-7-4-15(3)38-21)11-19(25(29)30)32-28(22)39-24(23)26(31)34/h4-11,25H,12H2,1-3H3,(H2,31,34)(H,33,35). The van der Waals surface area contributed by atoms with Gasteiger partial charge in [-0.1, -0.05) is 6.07 Å². The fraction of sp³-hybridized carbons (Fsp3) is 0.179. The molecule has 0 aliphatic carbocycles. The molecule has 5 aromatic rings. The first-order chi connectivity index (χ1) is 18.6. The molecule has 0 unspecified atom stereocenters. The minimum atomic E-state index is -2.82. The number of pyridine rings is 1. The summed E-state index contributed by atoms with van der Waals surface area (Å²) >= 11 is 2.25. The van der Waals surface area contributed by atoms with Crippen molar-refractivity contribution in [3.8, 4) is 16.2 Å². The fourth-order valence-corrected chi connectivity index (χ4v) is 6.12. The summed E-state index contributed by atoms with van der Waals surface area (Å²) in [6.07, 6.45) is -2.82. The molecule has 4 heterocycles. The number of aromatic nitrogens is 1. The molecule has 2 amide bonds. The SMILES string of the molecule is Cc1cc(C)cc(OCc2ccc(C(=O)Nc3c(C(N)=O)sc4nc(C(F)F)cc(-c5ccc(C)s5)c34)o2)c1. The lowest BCUT2D eigenvalue weighted by molar-refractivity contribution is 0.0992. The highest BCUT2D eigenvalue weighted by atomic mass is 32.1. The average molecular weight is 568 g/mol. The molecule has 0 saturated carbocycles. The molecule has 39 heavy (non-hydrogen) atoms. The molecule has 0 spiro atoms. The van der Waals surface area contributed by atoms with Crippen LogP contribution in [0, 0.1) is 20.8 Å². The summed E-state index contributed by atoms with van der Waals surface area (Å²) in [4.78, 5) is 31.4. The third-order valence-electron chi connectivity index (χ3n) is 5.84. The van der Waals surface area contributed by atoms with Gasteiger partial charge in [-0.15, -0.1) is 22.7 Å². The highest BCUT2D eigenvalue weighted by molar-refractivity contribution is 7.21. The van der Waals surface area contributed by atoms with Crippen LogP contribution in [0.5, 0.6) is 5.75 Å². The van der Waals surface area contributed by atoms with Crippen LogP contribution in [0.2, 0.25) is 0 Å². The molecule has 7 nitrogen and oxygen atoms in total. The van der Waals surface area contributed by atoms with E-state index in [0.717, 1.165) is 27.3 Å². The Morgan fingerprint density at radius 2 is 1.79 bits per heavy atom. The van der Waals surface area contributed by atoms with Crippen LogP contribution in [0.1, 0.15) is 54.1 Å². The van der Waals surface area contributed by atoms with Crippen molar-refractivity contribution in [1.29, 1.82) is 0 Å². The average Bonchev–Trinajstić information content (AvgIpc) is 3.60. The number of benzene rings is 1. The van der Waals surface area contributed by atoms with Gasteiger partial charge in [0.1, 0.15) is 33.5 Å². The molecular weight excluding hydrogens is 544 g/mol. The highest BCUT2D eigenvalue weighted by Gasteiger charge is 2.26. The van der Waals surface area contributed by atoms with Crippen LogP contribution in [-0.2, 0) is 6.61 Å². The summed E-state index contributed by atoms with van der Waals surface area (Å²) < 4.78 is 38.8. The molecule has 3 N–H and O–H groups in total. The molecule has 5 rings (SSSR count). The molecule has 0 saturated heterocycles. The van der Waals surface area contributed by atoms with Crippen LogP contribution in [0.4, 0.5) is 14.5 Å². The number of nitrogens with one attached hydrogen (secondary N) is 1. The Morgan fingerprint density at radius 1 is 1.05 bits per heavy atom. The Labute approximate surface area is 230 Å². The number of hydrogen-bond acceptors (Lipinski definition) is 7. The minimum absolute atomic E-state index is 0.00303. The van der Waals surface area contributed by atoms with Crippen molar-refractivity contribution in [2.75, 3.05) is 5.32 Å². The summed E-state index contributed by atoms with van der Waals surface area (Å²) in [7, 11) is 0. The quantitative estimate of drug-likeness (QED) is 0.203. The number of aryl methyl sites for hydroxylation is 3. The molecular formula is C28H23F2N3O4S2. The van der Waals surface area contributed by atoms with Crippen molar-refractivity contribution in [1.82, 2.24) is 4.98 Å². The summed E-state index contributed by atoms with van der Waals surface area (Å²) in [5, 5.41) is 3.07. The molecule has 200 valence electrons. The van der Waals surface area contributed by atoms with Gasteiger partial charge in [0.2, 0.25) is 0 Å². The van der Waals surface area contributed by atoms with Crippen LogP contribution < -0.4 is 15.8 Å². The number of ether oxygens (including phenoxy) is 1. The van der Waals surface area contributed by atoms with Crippen molar-refractivity contribution in [3.63, 3.8) is 0 Å². The van der Waals surface area contributed by atoms with Crippen molar-refractivity contribution in [2.45, 2.75) is 33.8 Å². The van der Waals surface area contributed by atoms with Gasteiger partial charge in [0, 0.05) is 20.7 Å². The van der Waals surface area contributed by atoms with Gasteiger partial charge in [-0.05, 0) is 74.4 Å². The van der Waals surface area contributed by atoms with E-state index in [-0.39, 0.29) is 27.8 Å². The highest BCUT2D eigenvalue weighted by Crippen LogP contribution is 2.44. The molecule has 4 aromatic heterocycles. The Hall–Kier alpha value is -4.09. The minimum Gasteiger partial charge on any atom is -0.486 e. The number of carbonyl (C=O) groups excluding carboxylic acids is 2. The van der Waals surface area contributed by atoms with E-state index in [1.165, 1.54) is 23.5 Å². The molecule has 0 aliphatic rings. The zero-order valence-electron chi connectivity index (χ0n) is 21.1. The summed E-state index contributed by atoms with van der Waals surface area (Å²) in [5.41, 5.74) is 7.83. The van der Waals surface area contributed by atoms with Gasteiger partial charge in [-0.25, -0.2) is 13.8 Å². The number of primary amides is 1. The van der Waals surface area contributed by atoms with Crippen LogP contribution in [0.15, 0.2) is 52.9 Å². The van der Waals surface area contributed by atoms with Crippen LogP contribution in [0.3, 0.4) is 0 Å². The molecule has 0 aliphatic heterocycles. The van der Waals surface area contributed by atoms with E-state index >= 15 is 0 Å². The van der Waals surface area contributed by atoms with E-state index in [1.807, 2.05) is 45.0 Å². The van der Waals surface area contributed by atoms with Crippen molar-refractivity contribution in [3.05, 3.63) is 86.6 Å². The van der Waals surface area contributed by atoms with E-state index in [4.69, 9.17) is 14.9 Å². The topological polar surface area (TPSA) is 107 Å². The second kappa shape index (κ2) is 10.6. The van der Waals surface area contributed by atoms with E-state index in [9.17, 15) is 18.4 Å². The molecule has 0 atom stereocenters. The lowest BCUT2D eigenvalue weighted by Crippen LogP contribution is -2.16. The molecule has 1 aromatic carbocycles. The van der Waals surface area contributed by atoms with Gasteiger partial charge in [-0.2, -0.15) is 0 Å². The molecule has 0 bridgehead atoms. The lowest BCUT2D eigenvalue weighted by atomic mass is 10.1. The maximum Gasteiger partial charge on any atom is 0.291 e. The second-order valence-corrected chi connectivity index (χ2v) is 11.3. The number of nitrogens with two attached hydrogens (primary N) is 1. The number of furan rings is 1. The first-order valence-electron chi connectivity index (χ1n) is 11.8. The van der Waals surface area contributed by atoms with Crippen LogP contribution in [-0.4, -0.2) is 16.8 Å². The zero-order chi connectivity index (χ0) is 27.8. The fourth-order valence-electron chi connectivity index (χ4n) is 4.22. The summed E-state index contributed by atoms with van der Waals surface area (Å²) in [5.74, 6) is -0.377. The van der Waals surface area contributed by atoms with Gasteiger partial charge >= 0.3 is 0 Å². The first-order valence-corrected chi connectivity index (χ1v) is 13.5. The Kier molecular flexibility index (Phi) is 7.19. The van der Waals surface area contributed by atoms with Crippen LogP contribution in [0.25, 0.3) is 20.7 Å². The number of halogens is 2. The predicted octanol–water partition coefficient (Wildman–Crippen LogP) is 7.41. The first kappa shape index (κ1) is 26.5. The van der Waals surface area contributed by atoms with Gasteiger partial charge in [0.25, 0.3) is 18.2 Å². The number of thiophene rings is 2. The van der Waals surface area contributed by atoms with E-state index in [0.29, 0.717) is 27.3 Å². The van der Waals surface area contributed by atoms with Crippen LogP contribution >= 0.6 is 22.7 Å². The van der Waals surface area contributed by atoms with Crippen molar-refractivity contribution < 1.29 is 27.5 Å². The Balaban J connectivity index is 1.48. The van der Waals surface area contributed by atoms with Crippen molar-refractivity contribution >= 4 is 50.4 Å². The normalized spacial score (nSPS) is 11.3. The molecule has 11 heteroatoms. The number of amides is 2. The number of fused-ring (bicyclic) bond motifs is 1. The number of hydrogen-bond donors (Lipinski definition) is 2. The van der Waals surface area contributed by atoms with Crippen molar-refractivity contribution in [2.24, 2.45) is 5.73 Å². The van der Waals surface area contributed by atoms with E-state index in [2.05, 4.69) is 10.3 Å². The monoisotopic (exact) mass is 567 g/mol. The van der Waals surface area contributed by atoms with E-state index < -0.39 is 23.9 Å². The smallest absolute Gasteiger partial charge is 0.291 e. The lowest BCUT2D eigenvalue weighted by Gasteiger charge is -2.09.